The van der Waals surface area contributed by atoms with Gasteiger partial charge < -0.3 is 21.1 Å². The van der Waals surface area contributed by atoms with Gasteiger partial charge in [0, 0.05) is 13.1 Å². The topological polar surface area (TPSA) is 128 Å². The molecule has 1 aromatic rings. The highest BCUT2D eigenvalue weighted by atomic mass is 32.2. The van der Waals surface area contributed by atoms with Gasteiger partial charge in [-0.05, 0) is 30.4 Å². The van der Waals surface area contributed by atoms with Crippen LogP contribution in [-0.2, 0) is 26.0 Å². The van der Waals surface area contributed by atoms with Gasteiger partial charge in [-0.3, -0.25) is 9.59 Å². The van der Waals surface area contributed by atoms with Crippen molar-refractivity contribution in [3.63, 3.8) is 0 Å². The van der Waals surface area contributed by atoms with E-state index in [9.17, 15) is 23.1 Å². The van der Waals surface area contributed by atoms with E-state index in [4.69, 9.17) is 0 Å². The Balaban J connectivity index is 3.19. The van der Waals surface area contributed by atoms with Crippen molar-refractivity contribution < 1.29 is 23.1 Å². The normalized spacial score (nSPS) is 15.1. The molecule has 2 amide bonds. The molecule has 9 nitrogen and oxygen atoms in total. The van der Waals surface area contributed by atoms with Crippen LogP contribution in [0.2, 0.25) is 0 Å². The molecule has 34 heavy (non-hydrogen) atoms. The molecule has 0 saturated heterocycles. The summed E-state index contributed by atoms with van der Waals surface area (Å²) in [6.07, 6.45) is 0.250. The number of hydrogen-bond donors (Lipinski definition) is 4. The number of carbonyl (C=O) groups is 2. The molecule has 194 valence electrons. The van der Waals surface area contributed by atoms with Crippen LogP contribution in [0.1, 0.15) is 40.2 Å². The first kappa shape index (κ1) is 30.0. The summed E-state index contributed by atoms with van der Waals surface area (Å²) in [5, 5.41) is 19.5. The average Bonchev–Trinajstić information content (AvgIpc) is 2.70. The van der Waals surface area contributed by atoms with Gasteiger partial charge in [-0.15, -0.1) is 0 Å². The monoisotopic (exact) mass is 498 g/mol. The fourth-order valence-electron chi connectivity index (χ4n) is 3.55. The summed E-state index contributed by atoms with van der Waals surface area (Å²) in [6, 6.07) is 7.73. The van der Waals surface area contributed by atoms with E-state index in [0.717, 1.165) is 11.8 Å². The number of amides is 2. The largest absolute Gasteiger partial charge is 0.390 e. The van der Waals surface area contributed by atoms with Crippen LogP contribution in [0.3, 0.4) is 0 Å². The Hall–Kier alpha value is -2.01. The first-order valence-corrected chi connectivity index (χ1v) is 13.4. The Morgan fingerprint density at radius 3 is 2.12 bits per heavy atom. The van der Waals surface area contributed by atoms with E-state index in [0.29, 0.717) is 6.42 Å². The van der Waals surface area contributed by atoms with Crippen LogP contribution in [0.5, 0.6) is 0 Å². The van der Waals surface area contributed by atoms with Gasteiger partial charge >= 0.3 is 0 Å². The second-order valence-corrected chi connectivity index (χ2v) is 12.2. The third kappa shape index (κ3) is 10.5. The van der Waals surface area contributed by atoms with Gasteiger partial charge in [0.2, 0.25) is 21.8 Å². The average molecular weight is 499 g/mol. The molecule has 0 aliphatic heterocycles. The van der Waals surface area contributed by atoms with Gasteiger partial charge in [0.1, 0.15) is 6.04 Å². The van der Waals surface area contributed by atoms with Crippen molar-refractivity contribution in [3.05, 3.63) is 35.9 Å². The minimum Gasteiger partial charge on any atom is -0.390 e. The zero-order chi connectivity index (χ0) is 26.1. The number of aliphatic hydroxyl groups excluding tert-OH is 1. The van der Waals surface area contributed by atoms with Crippen molar-refractivity contribution in [2.45, 2.75) is 59.2 Å². The number of hydrogen-bond acceptors (Lipinski definition) is 6. The molecular formula is C24H42N4O5S. The molecule has 0 bridgehead atoms. The molecule has 3 unspecified atom stereocenters. The molecule has 0 heterocycles. The van der Waals surface area contributed by atoms with Crippen molar-refractivity contribution >= 4 is 21.8 Å². The third-order valence-corrected chi connectivity index (χ3v) is 6.53. The molecule has 0 spiro atoms. The van der Waals surface area contributed by atoms with Crippen LogP contribution in [0, 0.1) is 11.3 Å². The summed E-state index contributed by atoms with van der Waals surface area (Å²) < 4.78 is 25.8. The van der Waals surface area contributed by atoms with Gasteiger partial charge in [0.05, 0.1) is 24.9 Å². The maximum absolute atomic E-state index is 13.3. The molecule has 10 heteroatoms. The summed E-state index contributed by atoms with van der Waals surface area (Å²) in [5.74, 6) is -0.693. The van der Waals surface area contributed by atoms with Crippen molar-refractivity contribution in [2.24, 2.45) is 11.3 Å². The molecule has 1 aromatic carbocycles. The van der Waals surface area contributed by atoms with E-state index < -0.39 is 39.5 Å². The van der Waals surface area contributed by atoms with E-state index in [1.165, 1.54) is 4.31 Å². The quantitative estimate of drug-likeness (QED) is 0.318. The summed E-state index contributed by atoms with van der Waals surface area (Å²) in [7, 11) is -1.91. The van der Waals surface area contributed by atoms with Gasteiger partial charge in [0.15, 0.2) is 0 Å². The van der Waals surface area contributed by atoms with Gasteiger partial charge in [-0.25, -0.2) is 8.42 Å². The lowest BCUT2D eigenvalue weighted by Gasteiger charge is -2.34. The van der Waals surface area contributed by atoms with Gasteiger partial charge in [-0.2, -0.15) is 4.31 Å². The molecule has 0 radical (unpaired) electrons. The van der Waals surface area contributed by atoms with Crippen LogP contribution in [0.25, 0.3) is 0 Å². The number of sulfonamides is 1. The highest BCUT2D eigenvalue weighted by Gasteiger charge is 2.35. The smallest absolute Gasteiger partial charge is 0.243 e. The minimum absolute atomic E-state index is 0.0639. The lowest BCUT2D eigenvalue weighted by atomic mass is 9.85. The van der Waals surface area contributed by atoms with Crippen molar-refractivity contribution in [1.82, 2.24) is 20.3 Å². The first-order valence-electron chi connectivity index (χ1n) is 11.6. The predicted molar refractivity (Wildman–Crippen MR) is 135 cm³/mol. The van der Waals surface area contributed by atoms with Gasteiger partial charge in [-0.1, -0.05) is 65.0 Å². The summed E-state index contributed by atoms with van der Waals surface area (Å²) >= 11 is 0. The van der Waals surface area contributed by atoms with E-state index in [1.54, 1.807) is 7.05 Å². The maximum atomic E-state index is 13.3. The molecule has 0 aromatic heterocycles. The SMILES string of the molecule is CNCC(=O)NC(C(=O)NC(Cc1ccccc1)C(O)CN(CC(C)C)S(C)(=O)=O)C(C)(C)C. The van der Waals surface area contributed by atoms with Gasteiger partial charge in [0.25, 0.3) is 0 Å². The van der Waals surface area contributed by atoms with Crippen molar-refractivity contribution in [1.29, 1.82) is 0 Å². The summed E-state index contributed by atoms with van der Waals surface area (Å²) in [4.78, 5) is 25.5. The lowest BCUT2D eigenvalue weighted by molar-refractivity contribution is -0.132. The van der Waals surface area contributed by atoms with Crippen molar-refractivity contribution in [3.8, 4) is 0 Å². The molecule has 0 aliphatic rings. The predicted octanol–water partition coefficient (Wildman–Crippen LogP) is 0.743. The number of benzene rings is 1. The minimum atomic E-state index is -3.56. The Morgan fingerprint density at radius 1 is 1.06 bits per heavy atom. The zero-order valence-corrected chi connectivity index (χ0v) is 22.3. The van der Waals surface area contributed by atoms with Crippen LogP contribution in [0.15, 0.2) is 30.3 Å². The number of aliphatic hydroxyl groups is 1. The second-order valence-electron chi connectivity index (χ2n) is 10.2. The molecule has 1 rings (SSSR count). The van der Waals surface area contributed by atoms with Crippen molar-refractivity contribution in [2.75, 3.05) is 32.9 Å². The van der Waals surface area contributed by atoms with Crippen LogP contribution in [0.4, 0.5) is 0 Å². The number of carbonyl (C=O) groups excluding carboxylic acids is 2. The van der Waals surface area contributed by atoms with E-state index in [-0.39, 0.29) is 31.5 Å². The van der Waals surface area contributed by atoms with E-state index in [1.807, 2.05) is 65.0 Å². The standard InChI is InChI=1S/C24H42N4O5S/c1-17(2)15-28(34(7,32)33)16-20(29)19(13-18-11-9-8-10-12-18)26-23(31)22(24(3,4)5)27-21(30)14-25-6/h8-12,17,19-20,22,25,29H,13-16H2,1-7H3,(H,26,31)(H,27,30). The number of rotatable bonds is 13. The Morgan fingerprint density at radius 2 is 1.65 bits per heavy atom. The molecular weight excluding hydrogens is 456 g/mol. The maximum Gasteiger partial charge on any atom is 0.243 e. The third-order valence-electron chi connectivity index (χ3n) is 5.29. The number of nitrogens with zero attached hydrogens (tertiary/aromatic N) is 1. The molecule has 3 atom stereocenters. The van der Waals surface area contributed by atoms with Crippen LogP contribution < -0.4 is 16.0 Å². The number of nitrogens with one attached hydrogen (secondary N) is 3. The second kappa shape index (κ2) is 13.2. The summed E-state index contributed by atoms with van der Waals surface area (Å²) in [6.45, 7) is 9.49. The Bertz CT molecular complexity index is 884. The Labute approximate surface area is 204 Å². The van der Waals surface area contributed by atoms with Crippen LogP contribution in [-0.4, -0.2) is 80.8 Å². The van der Waals surface area contributed by atoms with E-state index >= 15 is 0 Å². The Kier molecular flexibility index (Phi) is 11.6. The fraction of sp³-hybridized carbons (Fsp3) is 0.667. The number of likely N-dealkylation sites (N-methyl/N-ethyl adjacent to an activating group) is 1. The van der Waals surface area contributed by atoms with Crippen LogP contribution >= 0.6 is 0 Å². The fourth-order valence-corrected chi connectivity index (χ4v) is 4.55. The highest BCUT2D eigenvalue weighted by Crippen LogP contribution is 2.20. The molecule has 0 aliphatic carbocycles. The highest BCUT2D eigenvalue weighted by molar-refractivity contribution is 7.88. The first-order chi connectivity index (χ1) is 15.6. The molecule has 0 fully saturated rings. The molecule has 4 N–H and O–H groups in total. The molecule has 0 saturated carbocycles. The summed E-state index contributed by atoms with van der Waals surface area (Å²) in [5.41, 5.74) is 0.291. The lowest BCUT2D eigenvalue weighted by Crippen LogP contribution is -2.59. The van der Waals surface area contributed by atoms with E-state index in [2.05, 4.69) is 16.0 Å². The zero-order valence-electron chi connectivity index (χ0n) is 21.5.